The number of thiol groups is 3. The first-order chi connectivity index (χ1) is 7.79. The number of rotatable bonds is 7. The molecule has 0 aliphatic heterocycles. The zero-order valence-corrected chi connectivity index (χ0v) is 12.8. The van der Waals surface area contributed by atoms with E-state index in [-0.39, 0.29) is 0 Å². The van der Waals surface area contributed by atoms with Crippen molar-refractivity contribution in [2.45, 2.75) is 56.6 Å². The molecule has 0 saturated heterocycles. The number of hydrogen-bond donors (Lipinski definition) is 3. The molecule has 0 heterocycles. The summed E-state index contributed by atoms with van der Waals surface area (Å²) in [6.07, 6.45) is 10.7. The van der Waals surface area contributed by atoms with Crippen LogP contribution in [0.2, 0.25) is 0 Å². The van der Waals surface area contributed by atoms with E-state index in [9.17, 15) is 0 Å². The molecule has 0 bridgehead atoms. The molecule has 0 N–H and O–H groups in total. The van der Waals surface area contributed by atoms with Crippen molar-refractivity contribution in [3.8, 4) is 0 Å². The summed E-state index contributed by atoms with van der Waals surface area (Å²) in [7, 11) is 0. The van der Waals surface area contributed by atoms with Crippen molar-refractivity contribution in [2.75, 3.05) is 11.5 Å². The Morgan fingerprint density at radius 3 is 2.44 bits per heavy atom. The molecule has 1 fully saturated rings. The van der Waals surface area contributed by atoms with E-state index in [1.54, 1.807) is 0 Å². The topological polar surface area (TPSA) is 0 Å². The lowest BCUT2D eigenvalue weighted by Gasteiger charge is -2.34. The molecule has 1 aliphatic carbocycles. The average molecular weight is 279 g/mol. The van der Waals surface area contributed by atoms with Gasteiger partial charge in [0.2, 0.25) is 0 Å². The predicted molar refractivity (Wildman–Crippen MR) is 84.4 cm³/mol. The number of hydrogen-bond acceptors (Lipinski definition) is 3. The van der Waals surface area contributed by atoms with Crippen molar-refractivity contribution in [3.63, 3.8) is 0 Å². The van der Waals surface area contributed by atoms with E-state index >= 15 is 0 Å². The minimum atomic E-state index is 0.609. The van der Waals surface area contributed by atoms with Gasteiger partial charge in [-0.25, -0.2) is 0 Å². The van der Waals surface area contributed by atoms with Crippen LogP contribution in [0.5, 0.6) is 0 Å². The summed E-state index contributed by atoms with van der Waals surface area (Å²) in [5.41, 5.74) is 0. The first-order valence-corrected chi connectivity index (χ1v) is 8.47. The molecule has 0 aromatic rings. The van der Waals surface area contributed by atoms with Gasteiger partial charge in [-0.1, -0.05) is 25.7 Å². The Labute approximate surface area is 118 Å². The van der Waals surface area contributed by atoms with Gasteiger partial charge in [-0.15, -0.1) is 0 Å². The van der Waals surface area contributed by atoms with Gasteiger partial charge in [-0.05, 0) is 49.0 Å². The van der Waals surface area contributed by atoms with Crippen molar-refractivity contribution in [3.05, 3.63) is 0 Å². The number of unbranched alkanes of at least 4 members (excludes halogenated alkanes) is 2. The summed E-state index contributed by atoms with van der Waals surface area (Å²) < 4.78 is 0. The lowest BCUT2D eigenvalue weighted by molar-refractivity contribution is 0.249. The molecule has 1 rings (SSSR count). The molecular formula is C13H26S3. The molecule has 0 radical (unpaired) electrons. The largest absolute Gasteiger partial charge is 0.179 e. The van der Waals surface area contributed by atoms with Crippen molar-refractivity contribution in [2.24, 2.45) is 11.8 Å². The molecule has 1 saturated carbocycles. The van der Waals surface area contributed by atoms with Crippen LogP contribution in [0.3, 0.4) is 0 Å². The maximum absolute atomic E-state index is 4.84. The molecule has 0 aromatic heterocycles. The highest BCUT2D eigenvalue weighted by atomic mass is 32.1. The fraction of sp³-hybridized carbons (Fsp3) is 1.00. The summed E-state index contributed by atoms with van der Waals surface area (Å²) in [5, 5.41) is 0.609. The molecule has 96 valence electrons. The van der Waals surface area contributed by atoms with Crippen LogP contribution in [-0.2, 0) is 0 Å². The molecule has 0 amide bonds. The molecular weight excluding hydrogens is 252 g/mol. The normalized spacial score (nSPS) is 27.9. The SMILES string of the molecule is SCCCCCC(S)C1CCCCC1CS. The third kappa shape index (κ3) is 5.14. The van der Waals surface area contributed by atoms with E-state index in [1.807, 2.05) is 0 Å². The predicted octanol–water partition coefficient (Wildman–Crippen LogP) is 4.51. The van der Waals surface area contributed by atoms with Gasteiger partial charge >= 0.3 is 0 Å². The maximum atomic E-state index is 4.84. The van der Waals surface area contributed by atoms with Crippen LogP contribution >= 0.6 is 37.9 Å². The summed E-state index contributed by atoms with van der Waals surface area (Å²) in [6, 6.07) is 0. The van der Waals surface area contributed by atoms with E-state index in [0.29, 0.717) is 5.25 Å². The monoisotopic (exact) mass is 278 g/mol. The van der Waals surface area contributed by atoms with E-state index in [2.05, 4.69) is 25.3 Å². The summed E-state index contributed by atoms with van der Waals surface area (Å²) >= 11 is 13.6. The summed E-state index contributed by atoms with van der Waals surface area (Å²) in [5.74, 6) is 3.73. The van der Waals surface area contributed by atoms with Gasteiger partial charge in [0.15, 0.2) is 0 Å². The minimum absolute atomic E-state index is 0.609. The van der Waals surface area contributed by atoms with Gasteiger partial charge in [0.1, 0.15) is 0 Å². The second kappa shape index (κ2) is 9.04. The first kappa shape index (κ1) is 15.1. The van der Waals surface area contributed by atoms with Gasteiger partial charge in [0, 0.05) is 5.25 Å². The average Bonchev–Trinajstić information content (AvgIpc) is 2.34. The van der Waals surface area contributed by atoms with Crippen LogP contribution in [0.4, 0.5) is 0 Å². The Hall–Kier alpha value is 1.05. The van der Waals surface area contributed by atoms with E-state index in [4.69, 9.17) is 12.6 Å². The molecule has 0 aromatic carbocycles. The standard InChI is InChI=1S/C13H26S3/c14-9-5-1-2-8-13(16)12-7-4-3-6-11(12)10-15/h11-16H,1-10H2. The Bertz CT molecular complexity index is 173. The van der Waals surface area contributed by atoms with E-state index in [1.165, 1.54) is 51.4 Å². The second-order valence-electron chi connectivity index (χ2n) is 5.03. The smallest absolute Gasteiger partial charge is 0.00480 e. The van der Waals surface area contributed by atoms with Crippen LogP contribution in [0.25, 0.3) is 0 Å². The van der Waals surface area contributed by atoms with Crippen molar-refractivity contribution in [1.82, 2.24) is 0 Å². The summed E-state index contributed by atoms with van der Waals surface area (Å²) in [4.78, 5) is 0. The lowest BCUT2D eigenvalue weighted by atomic mass is 9.77. The molecule has 3 heteroatoms. The Morgan fingerprint density at radius 2 is 1.75 bits per heavy atom. The second-order valence-corrected chi connectivity index (χ2v) is 6.51. The van der Waals surface area contributed by atoms with Crippen LogP contribution in [0.15, 0.2) is 0 Å². The third-order valence-electron chi connectivity index (χ3n) is 3.85. The summed E-state index contributed by atoms with van der Waals surface area (Å²) in [6.45, 7) is 0. The van der Waals surface area contributed by atoms with Crippen molar-refractivity contribution < 1.29 is 0 Å². The Balaban J connectivity index is 2.24. The molecule has 1 aliphatic rings. The van der Waals surface area contributed by atoms with Gasteiger partial charge in [-0.2, -0.15) is 37.9 Å². The Morgan fingerprint density at radius 1 is 1.00 bits per heavy atom. The van der Waals surface area contributed by atoms with Crippen LogP contribution in [-0.4, -0.2) is 16.8 Å². The molecule has 0 spiro atoms. The fourth-order valence-corrected chi connectivity index (χ4v) is 4.08. The lowest BCUT2D eigenvalue weighted by Crippen LogP contribution is -2.28. The zero-order chi connectivity index (χ0) is 11.8. The van der Waals surface area contributed by atoms with E-state index < -0.39 is 0 Å². The highest BCUT2D eigenvalue weighted by Gasteiger charge is 2.28. The molecule has 3 atom stereocenters. The van der Waals surface area contributed by atoms with Crippen LogP contribution in [0.1, 0.15) is 51.4 Å². The van der Waals surface area contributed by atoms with E-state index in [0.717, 1.165) is 23.3 Å². The van der Waals surface area contributed by atoms with Gasteiger partial charge < -0.3 is 0 Å². The van der Waals surface area contributed by atoms with Crippen molar-refractivity contribution in [1.29, 1.82) is 0 Å². The van der Waals surface area contributed by atoms with Crippen LogP contribution < -0.4 is 0 Å². The molecule has 16 heavy (non-hydrogen) atoms. The van der Waals surface area contributed by atoms with Gasteiger partial charge in [0.05, 0.1) is 0 Å². The minimum Gasteiger partial charge on any atom is -0.179 e. The zero-order valence-electron chi connectivity index (χ0n) is 10.1. The van der Waals surface area contributed by atoms with Gasteiger partial charge in [0.25, 0.3) is 0 Å². The van der Waals surface area contributed by atoms with Crippen LogP contribution in [0, 0.1) is 11.8 Å². The van der Waals surface area contributed by atoms with Crippen molar-refractivity contribution >= 4 is 37.9 Å². The first-order valence-electron chi connectivity index (χ1n) is 6.69. The fourth-order valence-electron chi connectivity index (χ4n) is 2.83. The Kier molecular flexibility index (Phi) is 8.54. The quantitative estimate of drug-likeness (QED) is 0.443. The highest BCUT2D eigenvalue weighted by molar-refractivity contribution is 7.81. The third-order valence-corrected chi connectivity index (χ3v) is 5.28. The molecule has 0 nitrogen and oxygen atoms in total. The molecule has 3 unspecified atom stereocenters. The highest BCUT2D eigenvalue weighted by Crippen LogP contribution is 2.36. The van der Waals surface area contributed by atoms with Gasteiger partial charge in [-0.3, -0.25) is 0 Å². The maximum Gasteiger partial charge on any atom is 0.00480 e.